The van der Waals surface area contributed by atoms with Crippen LogP contribution >= 0.6 is 0 Å². The van der Waals surface area contributed by atoms with Gasteiger partial charge in [0.25, 0.3) is 0 Å². The number of rotatable bonds is 6. The first-order valence-corrected chi connectivity index (χ1v) is 6.13. The predicted molar refractivity (Wildman–Crippen MR) is 61.9 cm³/mol. The molecule has 3 heteroatoms. The largest absolute Gasteiger partial charge is 0.392 e. The zero-order chi connectivity index (χ0) is 11.3. The summed E-state index contributed by atoms with van der Waals surface area (Å²) >= 11 is 0. The third-order valence-electron chi connectivity index (χ3n) is 2.83. The fraction of sp³-hybridized carbons (Fsp3) is 1.00. The summed E-state index contributed by atoms with van der Waals surface area (Å²) in [6.45, 7) is 10.1. The minimum absolute atomic E-state index is 0.172. The molecule has 1 saturated heterocycles. The monoisotopic (exact) mass is 215 g/mol. The first-order chi connectivity index (χ1) is 7.11. The van der Waals surface area contributed by atoms with Crippen LogP contribution in [0.25, 0.3) is 0 Å². The van der Waals surface area contributed by atoms with E-state index in [-0.39, 0.29) is 6.10 Å². The van der Waals surface area contributed by atoms with E-state index in [4.69, 9.17) is 4.74 Å². The fourth-order valence-electron chi connectivity index (χ4n) is 1.85. The number of hydrogen-bond donors (Lipinski definition) is 1. The Kier molecular flexibility index (Phi) is 5.58. The van der Waals surface area contributed by atoms with Gasteiger partial charge in [-0.25, -0.2) is 0 Å². The number of aliphatic hydroxyl groups excluding tert-OH is 1. The zero-order valence-electron chi connectivity index (χ0n) is 10.3. The molecule has 15 heavy (non-hydrogen) atoms. The van der Waals surface area contributed by atoms with Crippen LogP contribution in [0.15, 0.2) is 0 Å². The van der Waals surface area contributed by atoms with E-state index in [0.29, 0.717) is 12.0 Å². The highest BCUT2D eigenvalue weighted by molar-refractivity contribution is 4.77. The molecule has 0 aliphatic carbocycles. The van der Waals surface area contributed by atoms with Gasteiger partial charge in [0.1, 0.15) is 0 Å². The maximum Gasteiger partial charge on any atom is 0.0714 e. The molecule has 0 aromatic rings. The van der Waals surface area contributed by atoms with Crippen molar-refractivity contribution in [2.75, 3.05) is 26.2 Å². The zero-order valence-corrected chi connectivity index (χ0v) is 10.3. The number of β-amino-alcohol motifs (C(OH)–C–C–N with tert-alkyl or cyclic N) is 1. The highest BCUT2D eigenvalue weighted by Crippen LogP contribution is 2.14. The number of ether oxygens (including phenoxy) is 1. The molecule has 0 amide bonds. The summed E-state index contributed by atoms with van der Waals surface area (Å²) < 4.78 is 5.79. The van der Waals surface area contributed by atoms with E-state index in [2.05, 4.69) is 18.7 Å². The van der Waals surface area contributed by atoms with Crippen LogP contribution in [0.4, 0.5) is 0 Å². The average molecular weight is 215 g/mol. The lowest BCUT2D eigenvalue weighted by Crippen LogP contribution is -2.31. The van der Waals surface area contributed by atoms with Crippen LogP contribution in [0, 0.1) is 5.92 Å². The lowest BCUT2D eigenvalue weighted by atomic mass is 10.2. The second-order valence-electron chi connectivity index (χ2n) is 4.96. The summed E-state index contributed by atoms with van der Waals surface area (Å²) in [5, 5.41) is 9.54. The molecule has 0 saturated carbocycles. The normalized spacial score (nSPS) is 25.0. The second-order valence-corrected chi connectivity index (χ2v) is 4.96. The van der Waals surface area contributed by atoms with Gasteiger partial charge in [-0.05, 0) is 18.8 Å². The molecule has 0 aromatic carbocycles. The standard InChI is InChI=1S/C12H25NO2/c1-4-11(14)7-13-6-5-12(8-13)15-9-10(2)3/h10-12,14H,4-9H2,1-3H3. The van der Waals surface area contributed by atoms with Crippen molar-refractivity contribution in [1.82, 2.24) is 4.90 Å². The topological polar surface area (TPSA) is 32.7 Å². The minimum atomic E-state index is -0.172. The molecule has 1 rings (SSSR count). The van der Waals surface area contributed by atoms with Gasteiger partial charge in [0.05, 0.1) is 12.2 Å². The Balaban J connectivity index is 2.15. The van der Waals surface area contributed by atoms with E-state index in [1.54, 1.807) is 0 Å². The molecule has 0 bridgehead atoms. The van der Waals surface area contributed by atoms with E-state index in [1.165, 1.54) is 0 Å². The van der Waals surface area contributed by atoms with Crippen LogP contribution in [0.1, 0.15) is 33.6 Å². The van der Waals surface area contributed by atoms with Crippen molar-refractivity contribution in [1.29, 1.82) is 0 Å². The molecular formula is C12H25NO2. The van der Waals surface area contributed by atoms with E-state index in [0.717, 1.165) is 39.1 Å². The molecule has 1 heterocycles. The summed E-state index contributed by atoms with van der Waals surface area (Å²) in [4.78, 5) is 2.30. The van der Waals surface area contributed by atoms with Crippen LogP contribution in [-0.4, -0.2) is 48.5 Å². The van der Waals surface area contributed by atoms with Crippen molar-refractivity contribution < 1.29 is 9.84 Å². The highest BCUT2D eigenvalue weighted by Gasteiger charge is 2.24. The summed E-state index contributed by atoms with van der Waals surface area (Å²) in [6, 6.07) is 0. The van der Waals surface area contributed by atoms with Gasteiger partial charge >= 0.3 is 0 Å². The van der Waals surface area contributed by atoms with Gasteiger partial charge in [-0.3, -0.25) is 4.90 Å². The predicted octanol–water partition coefficient (Wildman–Crippen LogP) is 1.50. The van der Waals surface area contributed by atoms with Crippen molar-refractivity contribution in [2.24, 2.45) is 5.92 Å². The highest BCUT2D eigenvalue weighted by atomic mass is 16.5. The maximum absolute atomic E-state index is 9.54. The van der Waals surface area contributed by atoms with Crippen molar-refractivity contribution in [3.63, 3.8) is 0 Å². The number of hydrogen-bond acceptors (Lipinski definition) is 3. The first kappa shape index (κ1) is 12.9. The van der Waals surface area contributed by atoms with Crippen molar-refractivity contribution in [3.8, 4) is 0 Å². The second kappa shape index (κ2) is 6.46. The quantitative estimate of drug-likeness (QED) is 0.729. The Morgan fingerprint density at radius 3 is 2.80 bits per heavy atom. The van der Waals surface area contributed by atoms with Crippen LogP contribution < -0.4 is 0 Å². The third kappa shape index (κ3) is 4.96. The molecular weight excluding hydrogens is 190 g/mol. The van der Waals surface area contributed by atoms with Gasteiger partial charge in [-0.2, -0.15) is 0 Å². The summed E-state index contributed by atoms with van der Waals surface area (Å²) in [5.41, 5.74) is 0. The molecule has 0 spiro atoms. The van der Waals surface area contributed by atoms with Crippen LogP contribution in [0.3, 0.4) is 0 Å². The van der Waals surface area contributed by atoms with Crippen molar-refractivity contribution >= 4 is 0 Å². The van der Waals surface area contributed by atoms with Gasteiger partial charge in [0.15, 0.2) is 0 Å². The summed E-state index contributed by atoms with van der Waals surface area (Å²) in [7, 11) is 0. The number of nitrogens with zero attached hydrogens (tertiary/aromatic N) is 1. The van der Waals surface area contributed by atoms with Gasteiger partial charge in [-0.15, -0.1) is 0 Å². The van der Waals surface area contributed by atoms with Crippen LogP contribution in [-0.2, 0) is 4.74 Å². The van der Waals surface area contributed by atoms with Gasteiger partial charge in [-0.1, -0.05) is 20.8 Å². The molecule has 90 valence electrons. The number of likely N-dealkylation sites (tertiary alicyclic amines) is 1. The first-order valence-electron chi connectivity index (χ1n) is 6.13. The molecule has 1 N–H and O–H groups in total. The number of aliphatic hydroxyl groups is 1. The Labute approximate surface area is 93.4 Å². The Hall–Kier alpha value is -0.120. The van der Waals surface area contributed by atoms with E-state index >= 15 is 0 Å². The molecule has 3 nitrogen and oxygen atoms in total. The third-order valence-corrected chi connectivity index (χ3v) is 2.83. The molecule has 0 aromatic heterocycles. The summed E-state index contributed by atoms with van der Waals surface area (Å²) in [6.07, 6.45) is 2.17. The molecule has 1 fully saturated rings. The van der Waals surface area contributed by atoms with Crippen molar-refractivity contribution in [3.05, 3.63) is 0 Å². The molecule has 1 aliphatic rings. The van der Waals surface area contributed by atoms with Crippen LogP contribution in [0.5, 0.6) is 0 Å². The van der Waals surface area contributed by atoms with E-state index < -0.39 is 0 Å². The SMILES string of the molecule is CCC(O)CN1CCC(OCC(C)C)C1. The lowest BCUT2D eigenvalue weighted by Gasteiger charge is -2.19. The molecule has 2 atom stereocenters. The minimum Gasteiger partial charge on any atom is -0.392 e. The Bertz CT molecular complexity index is 173. The lowest BCUT2D eigenvalue weighted by molar-refractivity contribution is 0.0372. The van der Waals surface area contributed by atoms with Gasteiger partial charge < -0.3 is 9.84 Å². The smallest absolute Gasteiger partial charge is 0.0714 e. The average Bonchev–Trinajstić information content (AvgIpc) is 2.62. The van der Waals surface area contributed by atoms with Gasteiger partial charge in [0, 0.05) is 26.2 Å². The Morgan fingerprint density at radius 1 is 1.47 bits per heavy atom. The molecule has 1 aliphatic heterocycles. The molecule has 0 radical (unpaired) electrons. The maximum atomic E-state index is 9.54. The Morgan fingerprint density at radius 2 is 2.20 bits per heavy atom. The molecule has 2 unspecified atom stereocenters. The van der Waals surface area contributed by atoms with Crippen molar-refractivity contribution in [2.45, 2.75) is 45.8 Å². The van der Waals surface area contributed by atoms with Crippen LogP contribution in [0.2, 0.25) is 0 Å². The fourth-order valence-corrected chi connectivity index (χ4v) is 1.85. The van der Waals surface area contributed by atoms with E-state index in [1.807, 2.05) is 6.92 Å². The summed E-state index contributed by atoms with van der Waals surface area (Å²) in [5.74, 6) is 0.611. The van der Waals surface area contributed by atoms with E-state index in [9.17, 15) is 5.11 Å². The van der Waals surface area contributed by atoms with Gasteiger partial charge in [0.2, 0.25) is 0 Å².